The first kappa shape index (κ1) is 26.3. The molecule has 1 aliphatic heterocycles. The van der Waals surface area contributed by atoms with Crippen LogP contribution in [0.1, 0.15) is 43.2 Å². The minimum absolute atomic E-state index is 0.555. The van der Waals surface area contributed by atoms with Crippen LogP contribution in [0, 0.1) is 0 Å². The van der Waals surface area contributed by atoms with Crippen LogP contribution in [0.3, 0.4) is 0 Å². The summed E-state index contributed by atoms with van der Waals surface area (Å²) in [5.74, 6) is 1.71. The molecule has 6 heteroatoms. The zero-order valence-corrected chi connectivity index (χ0v) is 22.6. The third-order valence-electron chi connectivity index (χ3n) is 7.93. The number of nitrogens with zero attached hydrogens (tertiary/aromatic N) is 3. The zero-order chi connectivity index (χ0) is 26.2. The molecule has 0 bridgehead atoms. The first-order chi connectivity index (χ1) is 18.7. The summed E-state index contributed by atoms with van der Waals surface area (Å²) in [5, 5.41) is 3.68. The number of aliphatic imine (C=N–C) groups is 1. The molecule has 0 radical (unpaired) electrons. The SMILES string of the molecule is COc1ccc(-c2ccccc2)cc1NC(=NCc1ccc(CN)cc1)N1CCN(C2CCCCC2)CC1. The second kappa shape index (κ2) is 12.9. The van der Waals surface area contributed by atoms with E-state index in [-0.39, 0.29) is 0 Å². The molecule has 5 rings (SSSR count). The first-order valence-corrected chi connectivity index (χ1v) is 14.1. The summed E-state index contributed by atoms with van der Waals surface area (Å²) in [6.45, 7) is 5.26. The van der Waals surface area contributed by atoms with E-state index in [2.05, 4.69) is 75.8 Å². The Kier molecular flexibility index (Phi) is 8.94. The fraction of sp³-hybridized carbons (Fsp3) is 0.406. The van der Waals surface area contributed by atoms with Crippen molar-refractivity contribution < 1.29 is 4.74 Å². The fourth-order valence-electron chi connectivity index (χ4n) is 5.65. The highest BCUT2D eigenvalue weighted by molar-refractivity contribution is 5.96. The lowest BCUT2D eigenvalue weighted by atomic mass is 9.94. The molecule has 0 aromatic heterocycles. The van der Waals surface area contributed by atoms with Gasteiger partial charge in [0.05, 0.1) is 19.3 Å². The van der Waals surface area contributed by atoms with Crippen molar-refractivity contribution in [2.24, 2.45) is 10.7 Å². The van der Waals surface area contributed by atoms with Crippen molar-refractivity contribution in [1.29, 1.82) is 0 Å². The van der Waals surface area contributed by atoms with Crippen LogP contribution < -0.4 is 15.8 Å². The number of methoxy groups -OCH3 is 1. The number of piperazine rings is 1. The van der Waals surface area contributed by atoms with Crippen molar-refractivity contribution in [3.8, 4) is 16.9 Å². The molecule has 2 aliphatic rings. The average Bonchev–Trinajstić information content (AvgIpc) is 3.00. The average molecular weight is 512 g/mol. The summed E-state index contributed by atoms with van der Waals surface area (Å²) < 4.78 is 5.75. The maximum Gasteiger partial charge on any atom is 0.198 e. The van der Waals surface area contributed by atoms with Gasteiger partial charge in [0, 0.05) is 38.8 Å². The number of benzene rings is 3. The molecule has 0 unspecified atom stereocenters. The van der Waals surface area contributed by atoms with Crippen LogP contribution in [0.2, 0.25) is 0 Å². The Bertz CT molecular complexity index is 1180. The van der Waals surface area contributed by atoms with E-state index >= 15 is 0 Å². The lowest BCUT2D eigenvalue weighted by Crippen LogP contribution is -2.53. The maximum absolute atomic E-state index is 5.79. The number of guanidine groups is 1. The number of nitrogens with one attached hydrogen (secondary N) is 1. The molecule has 3 aromatic carbocycles. The van der Waals surface area contributed by atoms with Crippen LogP contribution >= 0.6 is 0 Å². The Hall–Kier alpha value is -3.35. The van der Waals surface area contributed by atoms with Crippen LogP contribution in [0.4, 0.5) is 5.69 Å². The van der Waals surface area contributed by atoms with Crippen molar-refractivity contribution >= 4 is 11.6 Å². The molecular formula is C32H41N5O. The van der Waals surface area contributed by atoms with Crippen LogP contribution in [-0.2, 0) is 13.1 Å². The summed E-state index contributed by atoms with van der Waals surface area (Å²) in [6, 6.07) is 26.0. The van der Waals surface area contributed by atoms with Gasteiger partial charge in [-0.25, -0.2) is 4.99 Å². The standard InChI is InChI=1S/C32H41N5O/c1-38-31-17-16-28(27-8-4-2-5-9-27)22-30(31)35-32(34-24-26-14-12-25(23-33)13-15-26)37-20-18-36(19-21-37)29-10-6-3-7-11-29/h2,4-5,8-9,12-17,22,29H,3,6-7,10-11,18-21,23-24,33H2,1H3,(H,34,35). The van der Waals surface area contributed by atoms with Gasteiger partial charge >= 0.3 is 0 Å². The molecule has 38 heavy (non-hydrogen) atoms. The summed E-state index contributed by atoms with van der Waals surface area (Å²) in [6.07, 6.45) is 6.84. The molecule has 200 valence electrons. The van der Waals surface area contributed by atoms with E-state index < -0.39 is 0 Å². The van der Waals surface area contributed by atoms with Crippen molar-refractivity contribution in [1.82, 2.24) is 9.80 Å². The minimum atomic E-state index is 0.555. The number of ether oxygens (including phenoxy) is 1. The molecule has 1 saturated heterocycles. The highest BCUT2D eigenvalue weighted by Gasteiger charge is 2.27. The molecular weight excluding hydrogens is 470 g/mol. The molecule has 0 amide bonds. The second-order valence-electron chi connectivity index (χ2n) is 10.4. The smallest absolute Gasteiger partial charge is 0.198 e. The second-order valence-corrected chi connectivity index (χ2v) is 10.4. The van der Waals surface area contributed by atoms with Crippen LogP contribution in [0.5, 0.6) is 5.75 Å². The topological polar surface area (TPSA) is 66.1 Å². The molecule has 0 atom stereocenters. The van der Waals surface area contributed by atoms with Crippen LogP contribution in [-0.4, -0.2) is 55.1 Å². The summed E-state index contributed by atoms with van der Waals surface area (Å²) >= 11 is 0. The van der Waals surface area contributed by atoms with E-state index in [0.717, 1.165) is 60.7 Å². The molecule has 1 heterocycles. The van der Waals surface area contributed by atoms with Gasteiger partial charge < -0.3 is 20.7 Å². The van der Waals surface area contributed by atoms with E-state index in [9.17, 15) is 0 Å². The normalized spacial score (nSPS) is 17.4. The quantitative estimate of drug-likeness (QED) is 0.313. The number of hydrogen-bond donors (Lipinski definition) is 2. The lowest BCUT2D eigenvalue weighted by Gasteiger charge is -2.41. The predicted octanol–water partition coefficient (Wildman–Crippen LogP) is 5.74. The Morgan fingerprint density at radius 1 is 0.868 bits per heavy atom. The molecule has 3 N–H and O–H groups in total. The van der Waals surface area contributed by atoms with Gasteiger partial charge in [-0.2, -0.15) is 0 Å². The van der Waals surface area contributed by atoms with Gasteiger partial charge in [0.1, 0.15) is 5.75 Å². The Balaban J connectivity index is 1.38. The van der Waals surface area contributed by atoms with Crippen molar-refractivity contribution in [2.75, 3.05) is 38.6 Å². The summed E-state index contributed by atoms with van der Waals surface area (Å²) in [7, 11) is 1.72. The van der Waals surface area contributed by atoms with Gasteiger partial charge in [-0.05, 0) is 47.2 Å². The number of hydrogen-bond acceptors (Lipinski definition) is 4. The van der Waals surface area contributed by atoms with Gasteiger partial charge in [-0.15, -0.1) is 0 Å². The van der Waals surface area contributed by atoms with Crippen molar-refractivity contribution in [3.05, 3.63) is 83.9 Å². The third-order valence-corrected chi connectivity index (χ3v) is 7.93. The van der Waals surface area contributed by atoms with Crippen molar-refractivity contribution in [2.45, 2.75) is 51.2 Å². The van der Waals surface area contributed by atoms with E-state index in [4.69, 9.17) is 15.5 Å². The Morgan fingerprint density at radius 2 is 1.58 bits per heavy atom. The predicted molar refractivity (Wildman–Crippen MR) is 158 cm³/mol. The molecule has 1 saturated carbocycles. The summed E-state index contributed by atoms with van der Waals surface area (Å²) in [5.41, 5.74) is 11.4. The number of nitrogens with two attached hydrogens (primary N) is 1. The highest BCUT2D eigenvalue weighted by atomic mass is 16.5. The largest absolute Gasteiger partial charge is 0.495 e. The molecule has 2 fully saturated rings. The first-order valence-electron chi connectivity index (χ1n) is 14.1. The van der Waals surface area contributed by atoms with E-state index in [1.54, 1.807) is 7.11 Å². The number of anilines is 1. The van der Waals surface area contributed by atoms with E-state index in [1.165, 1.54) is 43.2 Å². The van der Waals surface area contributed by atoms with Gasteiger partial charge in [-0.3, -0.25) is 4.90 Å². The van der Waals surface area contributed by atoms with Crippen molar-refractivity contribution in [3.63, 3.8) is 0 Å². The van der Waals surface area contributed by atoms with Gasteiger partial charge in [-0.1, -0.05) is 79.9 Å². The van der Waals surface area contributed by atoms with Gasteiger partial charge in [0.2, 0.25) is 0 Å². The van der Waals surface area contributed by atoms with Crippen LogP contribution in [0.25, 0.3) is 11.1 Å². The molecule has 3 aromatic rings. The number of rotatable bonds is 7. The third kappa shape index (κ3) is 6.55. The fourth-order valence-corrected chi connectivity index (χ4v) is 5.65. The molecule has 0 spiro atoms. The maximum atomic E-state index is 5.79. The van der Waals surface area contributed by atoms with Gasteiger partial charge in [0.25, 0.3) is 0 Å². The molecule has 1 aliphatic carbocycles. The van der Waals surface area contributed by atoms with E-state index in [0.29, 0.717) is 13.1 Å². The highest BCUT2D eigenvalue weighted by Crippen LogP contribution is 2.31. The van der Waals surface area contributed by atoms with Crippen LogP contribution in [0.15, 0.2) is 77.8 Å². The molecule has 6 nitrogen and oxygen atoms in total. The minimum Gasteiger partial charge on any atom is -0.495 e. The Labute approximate surface area is 227 Å². The summed E-state index contributed by atoms with van der Waals surface area (Å²) in [4.78, 5) is 10.2. The lowest BCUT2D eigenvalue weighted by molar-refractivity contribution is 0.107. The zero-order valence-electron chi connectivity index (χ0n) is 22.6. The van der Waals surface area contributed by atoms with E-state index in [1.807, 2.05) is 12.1 Å². The monoisotopic (exact) mass is 511 g/mol. The Morgan fingerprint density at radius 3 is 2.26 bits per heavy atom. The van der Waals surface area contributed by atoms with Gasteiger partial charge in [0.15, 0.2) is 5.96 Å².